The number of hydrogen-bond donors (Lipinski definition) is 2. The maximum Gasteiger partial charge on any atom is 0.241 e. The predicted molar refractivity (Wildman–Crippen MR) is 132 cm³/mol. The van der Waals surface area contributed by atoms with E-state index in [1.807, 2.05) is 0 Å². The second-order valence-electron chi connectivity index (χ2n) is 8.92. The fourth-order valence-corrected chi connectivity index (χ4v) is 3.93. The smallest absolute Gasteiger partial charge is 0.241 e. The van der Waals surface area contributed by atoms with Crippen molar-refractivity contribution in [3.05, 3.63) is 70.8 Å². The van der Waals surface area contributed by atoms with Crippen molar-refractivity contribution < 1.29 is 4.79 Å². The summed E-state index contributed by atoms with van der Waals surface area (Å²) in [6.07, 6.45) is 2.11. The quantitative estimate of drug-likeness (QED) is 0.518. The van der Waals surface area contributed by atoms with Gasteiger partial charge in [-0.05, 0) is 43.4 Å². The Morgan fingerprint density at radius 3 is 2.47 bits per heavy atom. The van der Waals surface area contributed by atoms with Gasteiger partial charge < -0.3 is 15.5 Å². The van der Waals surface area contributed by atoms with Crippen LogP contribution >= 0.6 is 0 Å². The number of carbonyl (C=O) groups excluding carboxylic acids is 1. The molecule has 2 aromatic carbocycles. The van der Waals surface area contributed by atoms with Crippen LogP contribution in [0.5, 0.6) is 0 Å². The molecule has 0 bridgehead atoms. The highest BCUT2D eigenvalue weighted by Gasteiger charge is 2.20. The third-order valence-corrected chi connectivity index (χ3v) is 5.99. The summed E-state index contributed by atoms with van der Waals surface area (Å²) in [7, 11) is 3.54. The summed E-state index contributed by atoms with van der Waals surface area (Å²) in [5, 5.41) is 6.81. The minimum absolute atomic E-state index is 0.0312. The Morgan fingerprint density at radius 1 is 1.09 bits per heavy atom. The maximum atomic E-state index is 12.1. The Morgan fingerprint density at radius 2 is 1.81 bits per heavy atom. The van der Waals surface area contributed by atoms with Crippen molar-refractivity contribution in [2.45, 2.75) is 45.8 Å². The largest absolute Gasteiger partial charge is 0.354 e. The molecule has 0 atom stereocenters. The summed E-state index contributed by atoms with van der Waals surface area (Å²) >= 11 is 0. The van der Waals surface area contributed by atoms with E-state index in [-0.39, 0.29) is 12.5 Å². The molecule has 1 heterocycles. The summed E-state index contributed by atoms with van der Waals surface area (Å²) < 4.78 is 0. The molecule has 0 saturated carbocycles. The average molecular weight is 436 g/mol. The lowest BCUT2D eigenvalue weighted by Gasteiger charge is -2.33. The molecule has 32 heavy (non-hydrogen) atoms. The van der Waals surface area contributed by atoms with Crippen molar-refractivity contribution in [1.82, 2.24) is 20.4 Å². The topological polar surface area (TPSA) is 60.0 Å². The van der Waals surface area contributed by atoms with Gasteiger partial charge in [0.15, 0.2) is 5.96 Å². The van der Waals surface area contributed by atoms with Gasteiger partial charge in [0.05, 0.1) is 13.1 Å². The highest BCUT2D eigenvalue weighted by molar-refractivity contribution is 5.86. The van der Waals surface area contributed by atoms with E-state index in [1.165, 1.54) is 22.3 Å². The Bertz CT molecular complexity index is 902. The van der Waals surface area contributed by atoms with Gasteiger partial charge in [-0.15, -0.1) is 0 Å². The number of hydrogen-bond acceptors (Lipinski definition) is 3. The van der Waals surface area contributed by atoms with Gasteiger partial charge in [-0.25, -0.2) is 4.99 Å². The monoisotopic (exact) mass is 435 g/mol. The third kappa shape index (κ3) is 7.38. The molecule has 2 N–H and O–H groups in total. The highest BCUT2D eigenvalue weighted by atomic mass is 16.2. The van der Waals surface area contributed by atoms with Crippen LogP contribution in [0.1, 0.15) is 35.1 Å². The molecule has 6 nitrogen and oxygen atoms in total. The lowest BCUT2D eigenvalue weighted by molar-refractivity contribution is -0.127. The zero-order chi connectivity index (χ0) is 22.9. The van der Waals surface area contributed by atoms with Gasteiger partial charge in [-0.2, -0.15) is 0 Å². The van der Waals surface area contributed by atoms with Crippen LogP contribution in [0.3, 0.4) is 0 Å². The first-order valence-corrected chi connectivity index (χ1v) is 11.5. The number of rotatable bonds is 7. The molecule has 0 aromatic heterocycles. The number of nitrogens with zero attached hydrogens (tertiary/aromatic N) is 3. The van der Waals surface area contributed by atoms with E-state index in [4.69, 9.17) is 4.99 Å². The van der Waals surface area contributed by atoms with E-state index >= 15 is 0 Å². The molecule has 1 amide bonds. The number of piperidine rings is 1. The second kappa shape index (κ2) is 11.7. The fourth-order valence-electron chi connectivity index (χ4n) is 3.93. The highest BCUT2D eigenvalue weighted by Crippen LogP contribution is 2.15. The van der Waals surface area contributed by atoms with Crippen LogP contribution in [0.2, 0.25) is 0 Å². The van der Waals surface area contributed by atoms with Gasteiger partial charge in [0, 0.05) is 39.8 Å². The van der Waals surface area contributed by atoms with E-state index in [0.717, 1.165) is 32.5 Å². The minimum Gasteiger partial charge on any atom is -0.354 e. The summed E-state index contributed by atoms with van der Waals surface area (Å²) in [5.41, 5.74) is 5.06. The number of benzene rings is 2. The van der Waals surface area contributed by atoms with Crippen LogP contribution in [-0.2, 0) is 17.9 Å². The Kier molecular flexibility index (Phi) is 8.68. The molecular formula is C26H37N5O. The van der Waals surface area contributed by atoms with Crippen LogP contribution in [0.4, 0.5) is 0 Å². The molecule has 0 radical (unpaired) electrons. The number of nitrogens with one attached hydrogen (secondary N) is 2. The fraction of sp³-hybridized carbons (Fsp3) is 0.462. The van der Waals surface area contributed by atoms with E-state index in [1.54, 1.807) is 19.0 Å². The summed E-state index contributed by atoms with van der Waals surface area (Å²) in [4.78, 5) is 21.0. The molecule has 1 aliphatic rings. The number of likely N-dealkylation sites (tertiary alicyclic amines) is 1. The van der Waals surface area contributed by atoms with Gasteiger partial charge in [-0.3, -0.25) is 9.69 Å². The molecule has 6 heteroatoms. The summed E-state index contributed by atoms with van der Waals surface area (Å²) in [5.74, 6) is 0.741. The molecule has 1 aliphatic heterocycles. The predicted octanol–water partition coefficient (Wildman–Crippen LogP) is 3.09. The second-order valence-corrected chi connectivity index (χ2v) is 8.92. The van der Waals surface area contributed by atoms with Crippen LogP contribution in [0.25, 0.3) is 0 Å². The molecule has 0 unspecified atom stereocenters. The standard InChI is InChI=1S/C26H37N5O/c1-20-10-11-23(21(2)16-20)17-27-26(28-18-25(32)30(3)4)29-24-12-14-31(15-13-24)19-22-8-6-5-7-9-22/h5-11,16,24H,12-15,17-19H2,1-4H3,(H2,27,28,29). The van der Waals surface area contributed by atoms with Crippen molar-refractivity contribution in [3.8, 4) is 0 Å². The molecule has 0 aliphatic carbocycles. The van der Waals surface area contributed by atoms with E-state index in [0.29, 0.717) is 18.5 Å². The number of aliphatic imine (C=N–C) groups is 1. The van der Waals surface area contributed by atoms with Crippen molar-refractivity contribution in [3.63, 3.8) is 0 Å². The van der Waals surface area contributed by atoms with Gasteiger partial charge in [0.25, 0.3) is 0 Å². The van der Waals surface area contributed by atoms with Crippen LogP contribution in [0, 0.1) is 13.8 Å². The molecule has 3 rings (SSSR count). The lowest BCUT2D eigenvalue weighted by atomic mass is 10.0. The van der Waals surface area contributed by atoms with Gasteiger partial charge >= 0.3 is 0 Å². The third-order valence-electron chi connectivity index (χ3n) is 5.99. The van der Waals surface area contributed by atoms with Crippen molar-refractivity contribution >= 4 is 11.9 Å². The van der Waals surface area contributed by atoms with Crippen LogP contribution < -0.4 is 10.6 Å². The minimum atomic E-state index is 0.0312. The molecule has 1 saturated heterocycles. The number of aryl methyl sites for hydroxylation is 2. The molecule has 0 spiro atoms. The first-order valence-electron chi connectivity index (χ1n) is 11.5. The molecule has 2 aromatic rings. The Balaban J connectivity index is 1.58. The number of guanidine groups is 1. The maximum absolute atomic E-state index is 12.1. The normalized spacial score (nSPS) is 15.4. The zero-order valence-electron chi connectivity index (χ0n) is 19.9. The number of amides is 1. The van der Waals surface area contributed by atoms with Gasteiger partial charge in [-0.1, -0.05) is 54.1 Å². The number of likely N-dealkylation sites (N-methyl/N-ethyl adjacent to an activating group) is 1. The molecule has 1 fully saturated rings. The lowest BCUT2D eigenvalue weighted by Crippen LogP contribution is -2.50. The van der Waals surface area contributed by atoms with Crippen LogP contribution in [0.15, 0.2) is 53.5 Å². The van der Waals surface area contributed by atoms with E-state index < -0.39 is 0 Å². The summed E-state index contributed by atoms with van der Waals surface area (Å²) in [6.45, 7) is 8.14. The van der Waals surface area contributed by atoms with E-state index in [9.17, 15) is 4.79 Å². The average Bonchev–Trinajstić information content (AvgIpc) is 2.78. The first kappa shape index (κ1) is 23.8. The Hall–Kier alpha value is -2.86. The molecular weight excluding hydrogens is 398 g/mol. The van der Waals surface area contributed by atoms with E-state index in [2.05, 4.69) is 77.9 Å². The van der Waals surface area contributed by atoms with Gasteiger partial charge in [0.1, 0.15) is 0 Å². The summed E-state index contributed by atoms with van der Waals surface area (Å²) in [6, 6.07) is 17.4. The first-order chi connectivity index (χ1) is 15.4. The SMILES string of the molecule is Cc1ccc(CN=C(NCC(=O)N(C)C)NC2CCN(Cc3ccccc3)CC2)c(C)c1. The zero-order valence-corrected chi connectivity index (χ0v) is 19.9. The van der Waals surface area contributed by atoms with Gasteiger partial charge in [0.2, 0.25) is 5.91 Å². The Labute approximate surface area is 192 Å². The van der Waals surface area contributed by atoms with Crippen molar-refractivity contribution in [1.29, 1.82) is 0 Å². The van der Waals surface area contributed by atoms with Crippen LogP contribution in [-0.4, -0.2) is 61.4 Å². The number of carbonyl (C=O) groups is 1. The van der Waals surface area contributed by atoms with Crippen molar-refractivity contribution in [2.75, 3.05) is 33.7 Å². The van der Waals surface area contributed by atoms with Crippen molar-refractivity contribution in [2.24, 2.45) is 4.99 Å². The molecule has 172 valence electrons.